The van der Waals surface area contributed by atoms with Crippen molar-refractivity contribution in [3.05, 3.63) is 71.4 Å². The van der Waals surface area contributed by atoms with Gasteiger partial charge in [-0.25, -0.2) is 0 Å². The first kappa shape index (κ1) is 18.3. The molecule has 6 nitrogen and oxygen atoms in total. The molecule has 0 spiro atoms. The third kappa shape index (κ3) is 3.77. The molecule has 1 aromatic heterocycles. The average Bonchev–Trinajstić information content (AvgIpc) is 3.38. The van der Waals surface area contributed by atoms with Gasteiger partial charge in [-0.15, -0.1) is 0 Å². The van der Waals surface area contributed by atoms with Crippen LogP contribution in [0.2, 0.25) is 0 Å². The molecular formula is C22H23N3O3. The summed E-state index contributed by atoms with van der Waals surface area (Å²) in [6, 6.07) is 17.6. The highest BCUT2D eigenvalue weighted by molar-refractivity contribution is 5.93. The van der Waals surface area contributed by atoms with Crippen LogP contribution in [-0.4, -0.2) is 43.2 Å². The summed E-state index contributed by atoms with van der Waals surface area (Å²) >= 11 is 0. The van der Waals surface area contributed by atoms with E-state index in [0.717, 1.165) is 29.9 Å². The molecule has 0 aliphatic carbocycles. The third-order valence-electron chi connectivity index (χ3n) is 4.98. The van der Waals surface area contributed by atoms with Gasteiger partial charge in [0.05, 0.1) is 12.6 Å². The highest BCUT2D eigenvalue weighted by Gasteiger charge is 2.21. The van der Waals surface area contributed by atoms with Crippen molar-refractivity contribution in [1.29, 1.82) is 0 Å². The van der Waals surface area contributed by atoms with E-state index in [0.29, 0.717) is 12.3 Å². The molecule has 6 heteroatoms. The molecule has 0 saturated heterocycles. The van der Waals surface area contributed by atoms with Gasteiger partial charge in [-0.3, -0.25) is 4.79 Å². The summed E-state index contributed by atoms with van der Waals surface area (Å²) in [6.07, 6.45) is 0.927. The summed E-state index contributed by atoms with van der Waals surface area (Å²) in [5.74, 6) is 1.29. The van der Waals surface area contributed by atoms with Crippen LogP contribution in [0.4, 0.5) is 0 Å². The van der Waals surface area contributed by atoms with Crippen LogP contribution < -0.4 is 10.1 Å². The summed E-state index contributed by atoms with van der Waals surface area (Å²) in [6.45, 7) is 1.21. The molecule has 0 bridgehead atoms. The fourth-order valence-electron chi connectivity index (χ4n) is 3.41. The van der Waals surface area contributed by atoms with Crippen molar-refractivity contribution in [3.63, 3.8) is 0 Å². The third-order valence-corrected chi connectivity index (χ3v) is 4.98. The number of ether oxygens (including phenoxy) is 1. The molecule has 1 atom stereocenters. The smallest absolute Gasteiger partial charge is 0.273 e. The Kier molecular flexibility index (Phi) is 5.12. The Morgan fingerprint density at radius 3 is 2.79 bits per heavy atom. The summed E-state index contributed by atoms with van der Waals surface area (Å²) in [5.41, 5.74) is 3.54. The van der Waals surface area contributed by atoms with Gasteiger partial charge >= 0.3 is 0 Å². The van der Waals surface area contributed by atoms with Crippen LogP contribution in [0.3, 0.4) is 0 Å². The quantitative estimate of drug-likeness (QED) is 0.714. The van der Waals surface area contributed by atoms with Crippen molar-refractivity contribution >= 4 is 5.91 Å². The van der Waals surface area contributed by atoms with Crippen molar-refractivity contribution in [2.24, 2.45) is 0 Å². The van der Waals surface area contributed by atoms with E-state index in [1.165, 1.54) is 5.56 Å². The molecule has 0 fully saturated rings. The standard InChI is InChI=1S/C22H23N3O3/c1-25(2)19(16-8-9-20-17(12-16)10-11-27-20)14-23-22(26)18-13-21(28-24-18)15-6-4-3-5-7-15/h3-9,12-13,19H,10-11,14H2,1-2H3,(H,23,26). The lowest BCUT2D eigenvalue weighted by Crippen LogP contribution is -2.34. The Labute approximate surface area is 164 Å². The van der Waals surface area contributed by atoms with E-state index < -0.39 is 0 Å². The number of likely N-dealkylation sites (N-methyl/N-ethyl adjacent to an activating group) is 1. The molecule has 1 N–H and O–H groups in total. The number of rotatable bonds is 6. The lowest BCUT2D eigenvalue weighted by molar-refractivity contribution is 0.0933. The van der Waals surface area contributed by atoms with Crippen LogP contribution >= 0.6 is 0 Å². The Morgan fingerprint density at radius 2 is 2.00 bits per heavy atom. The molecule has 0 radical (unpaired) electrons. The second kappa shape index (κ2) is 7.86. The minimum Gasteiger partial charge on any atom is -0.493 e. The predicted octanol–water partition coefficient (Wildman–Crippen LogP) is 3.31. The molecular weight excluding hydrogens is 354 g/mol. The summed E-state index contributed by atoms with van der Waals surface area (Å²) in [5, 5.41) is 6.90. The number of amides is 1. The summed E-state index contributed by atoms with van der Waals surface area (Å²) in [4.78, 5) is 14.7. The molecule has 1 aliphatic heterocycles. The van der Waals surface area contributed by atoms with Crippen LogP contribution in [-0.2, 0) is 6.42 Å². The van der Waals surface area contributed by atoms with Gasteiger partial charge < -0.3 is 19.5 Å². The maximum absolute atomic E-state index is 12.6. The number of carbonyl (C=O) groups excluding carboxylic acids is 1. The molecule has 0 saturated carbocycles. The van der Waals surface area contributed by atoms with E-state index in [4.69, 9.17) is 9.26 Å². The van der Waals surface area contributed by atoms with Gasteiger partial charge in [-0.05, 0) is 31.3 Å². The number of hydrogen-bond acceptors (Lipinski definition) is 5. The lowest BCUT2D eigenvalue weighted by Gasteiger charge is -2.25. The molecule has 1 unspecified atom stereocenters. The average molecular weight is 377 g/mol. The van der Waals surface area contributed by atoms with Crippen molar-refractivity contribution in [1.82, 2.24) is 15.4 Å². The van der Waals surface area contributed by atoms with Crippen LogP contribution in [0.5, 0.6) is 5.75 Å². The molecule has 1 amide bonds. The van der Waals surface area contributed by atoms with E-state index in [9.17, 15) is 4.79 Å². The Hall–Kier alpha value is -3.12. The SMILES string of the molecule is CN(C)C(CNC(=O)c1cc(-c2ccccc2)on1)c1ccc2c(c1)CCO2. The number of fused-ring (bicyclic) bond motifs is 1. The largest absolute Gasteiger partial charge is 0.493 e. The number of nitrogens with zero attached hydrogens (tertiary/aromatic N) is 2. The number of hydrogen-bond donors (Lipinski definition) is 1. The summed E-state index contributed by atoms with van der Waals surface area (Å²) in [7, 11) is 4.01. The van der Waals surface area contributed by atoms with E-state index in [1.54, 1.807) is 6.07 Å². The number of aromatic nitrogens is 1. The highest BCUT2D eigenvalue weighted by atomic mass is 16.5. The van der Waals surface area contributed by atoms with Gasteiger partial charge in [0.15, 0.2) is 11.5 Å². The number of nitrogens with one attached hydrogen (secondary N) is 1. The van der Waals surface area contributed by atoms with Crippen LogP contribution in [0.15, 0.2) is 59.1 Å². The maximum Gasteiger partial charge on any atom is 0.273 e. The topological polar surface area (TPSA) is 67.6 Å². The second-order valence-corrected chi connectivity index (χ2v) is 7.10. The molecule has 28 heavy (non-hydrogen) atoms. The lowest BCUT2D eigenvalue weighted by atomic mass is 10.0. The van der Waals surface area contributed by atoms with Gasteiger partial charge in [0.1, 0.15) is 5.75 Å². The van der Waals surface area contributed by atoms with Crippen LogP contribution in [0, 0.1) is 0 Å². The van der Waals surface area contributed by atoms with Gasteiger partial charge in [0.2, 0.25) is 0 Å². The predicted molar refractivity (Wildman–Crippen MR) is 106 cm³/mol. The monoisotopic (exact) mass is 377 g/mol. The van der Waals surface area contributed by atoms with Crippen molar-refractivity contribution in [3.8, 4) is 17.1 Å². The second-order valence-electron chi connectivity index (χ2n) is 7.10. The Balaban J connectivity index is 1.45. The molecule has 2 heterocycles. The van der Waals surface area contributed by atoms with Crippen LogP contribution in [0.25, 0.3) is 11.3 Å². The van der Waals surface area contributed by atoms with Gasteiger partial charge in [-0.1, -0.05) is 47.6 Å². The normalized spacial score (nSPS) is 13.8. The number of benzene rings is 2. The highest BCUT2D eigenvalue weighted by Crippen LogP contribution is 2.29. The fraction of sp³-hybridized carbons (Fsp3) is 0.273. The van der Waals surface area contributed by atoms with Crippen LogP contribution in [0.1, 0.15) is 27.7 Å². The summed E-state index contributed by atoms with van der Waals surface area (Å²) < 4.78 is 10.9. The zero-order valence-corrected chi connectivity index (χ0v) is 16.0. The first-order valence-corrected chi connectivity index (χ1v) is 9.34. The van der Waals surface area contributed by atoms with Crippen molar-refractivity contribution < 1.29 is 14.1 Å². The first-order valence-electron chi connectivity index (χ1n) is 9.34. The number of carbonyl (C=O) groups is 1. The minimum absolute atomic E-state index is 0.0512. The van der Waals surface area contributed by atoms with E-state index >= 15 is 0 Å². The zero-order valence-electron chi connectivity index (χ0n) is 16.0. The molecule has 3 aromatic rings. The van der Waals surface area contributed by atoms with E-state index in [2.05, 4.69) is 27.5 Å². The molecule has 1 aliphatic rings. The van der Waals surface area contributed by atoms with Crippen molar-refractivity contribution in [2.45, 2.75) is 12.5 Å². The Morgan fingerprint density at radius 1 is 1.18 bits per heavy atom. The van der Waals surface area contributed by atoms with Gasteiger partial charge in [0.25, 0.3) is 5.91 Å². The van der Waals surface area contributed by atoms with Crippen molar-refractivity contribution in [2.75, 3.05) is 27.2 Å². The first-order chi connectivity index (χ1) is 13.6. The Bertz CT molecular complexity index is 966. The van der Waals surface area contributed by atoms with E-state index in [1.807, 2.05) is 50.5 Å². The zero-order chi connectivity index (χ0) is 19.5. The fourth-order valence-corrected chi connectivity index (χ4v) is 3.41. The van der Waals surface area contributed by atoms with E-state index in [-0.39, 0.29) is 17.6 Å². The molecule has 2 aromatic carbocycles. The molecule has 144 valence electrons. The van der Waals surface area contributed by atoms with Gasteiger partial charge in [-0.2, -0.15) is 0 Å². The van der Waals surface area contributed by atoms with Gasteiger partial charge in [0, 0.05) is 24.6 Å². The maximum atomic E-state index is 12.6. The molecule has 4 rings (SSSR count). The minimum atomic E-state index is -0.248.